The average Bonchev–Trinajstić information content (AvgIpc) is 3.21. The number of phenolic OH excluding ortho intramolecular Hbond substituents is 1. The van der Waals surface area contributed by atoms with Gasteiger partial charge in [0.25, 0.3) is 0 Å². The number of aromatic hydroxyl groups is 1. The van der Waals surface area contributed by atoms with Crippen molar-refractivity contribution in [3.05, 3.63) is 96.4 Å². The molecule has 0 aromatic heterocycles. The quantitative estimate of drug-likeness (QED) is 0.0738. The smallest absolute Gasteiger partial charge is 0.410 e. The molecule has 12 heteroatoms. The molecule has 7 atom stereocenters. The Morgan fingerprint density at radius 2 is 1.82 bits per heavy atom. The van der Waals surface area contributed by atoms with Crippen molar-refractivity contribution >= 4 is 11.8 Å². The highest BCUT2D eigenvalue weighted by Crippen LogP contribution is 2.62. The van der Waals surface area contributed by atoms with E-state index in [1.54, 1.807) is 47.4 Å². The fourth-order valence-corrected chi connectivity index (χ4v) is 8.98. The van der Waals surface area contributed by atoms with Crippen LogP contribution in [0.1, 0.15) is 87.7 Å². The normalized spacial score (nSPS) is 27.3. The number of unbranched alkanes of at least 4 members (excludes halogenated alkanes) is 2. The Morgan fingerprint density at radius 3 is 2.54 bits per heavy atom. The summed E-state index contributed by atoms with van der Waals surface area (Å²) in [6.07, 6.45) is 12.0. The van der Waals surface area contributed by atoms with E-state index in [1.165, 1.54) is 12.1 Å². The van der Waals surface area contributed by atoms with Crippen LogP contribution in [0.3, 0.4) is 0 Å². The van der Waals surface area contributed by atoms with Crippen LogP contribution in [0.2, 0.25) is 0 Å². The van der Waals surface area contributed by atoms with Gasteiger partial charge < -0.3 is 39.1 Å². The van der Waals surface area contributed by atoms with E-state index in [4.69, 9.17) is 28.9 Å². The number of phenols is 1. The van der Waals surface area contributed by atoms with Gasteiger partial charge in [-0.3, -0.25) is 4.90 Å². The van der Waals surface area contributed by atoms with E-state index >= 15 is 0 Å². The van der Waals surface area contributed by atoms with Crippen molar-refractivity contribution in [2.45, 2.75) is 101 Å². The van der Waals surface area contributed by atoms with Crippen molar-refractivity contribution in [2.24, 2.45) is 22.9 Å². The predicted molar refractivity (Wildman–Crippen MR) is 209 cm³/mol. The Bertz CT molecular complexity index is 1690. The third kappa shape index (κ3) is 9.31. The van der Waals surface area contributed by atoms with E-state index < -0.39 is 35.9 Å². The van der Waals surface area contributed by atoms with Gasteiger partial charge in [0.15, 0.2) is 0 Å². The van der Waals surface area contributed by atoms with Gasteiger partial charge in [0.05, 0.1) is 31.5 Å². The summed E-state index contributed by atoms with van der Waals surface area (Å²) < 4.78 is 40.1. The minimum Gasteiger partial charge on any atom is -0.508 e. The minimum atomic E-state index is -1.52. The number of hydrogen-bond donors (Lipinski definition) is 3. The number of allylic oxidation sites excluding steroid dienone is 1. The molecule has 304 valence electrons. The molecule has 1 saturated carbocycles. The van der Waals surface area contributed by atoms with Gasteiger partial charge in [-0.2, -0.15) is 0 Å². The number of oxime groups is 1. The van der Waals surface area contributed by atoms with E-state index in [9.17, 15) is 24.5 Å². The van der Waals surface area contributed by atoms with Crippen LogP contribution in [0, 0.1) is 23.6 Å². The second kappa shape index (κ2) is 19.8. The van der Waals surface area contributed by atoms with Crippen molar-refractivity contribution in [1.82, 2.24) is 4.90 Å². The zero-order valence-corrected chi connectivity index (χ0v) is 32.2. The van der Waals surface area contributed by atoms with Crippen molar-refractivity contribution < 1.29 is 48.3 Å². The van der Waals surface area contributed by atoms with Crippen molar-refractivity contribution in [3.8, 4) is 11.5 Å². The van der Waals surface area contributed by atoms with Gasteiger partial charge in [-0.1, -0.05) is 48.4 Å². The summed E-state index contributed by atoms with van der Waals surface area (Å²) in [5.74, 6) is -2.12. The Balaban J connectivity index is 1.58. The maximum atomic E-state index is 14.4. The van der Waals surface area contributed by atoms with E-state index in [0.29, 0.717) is 49.3 Å². The van der Waals surface area contributed by atoms with Crippen molar-refractivity contribution in [3.63, 3.8) is 0 Å². The van der Waals surface area contributed by atoms with Crippen LogP contribution in [0.4, 0.5) is 9.18 Å². The molecule has 6 rings (SSSR count). The molecule has 4 aliphatic rings. The van der Waals surface area contributed by atoms with Crippen LogP contribution >= 0.6 is 0 Å². The molecular weight excluding hydrogens is 719 g/mol. The lowest BCUT2D eigenvalue weighted by Crippen LogP contribution is -2.70. The van der Waals surface area contributed by atoms with Crippen molar-refractivity contribution in [2.75, 3.05) is 33.0 Å². The molecule has 0 radical (unpaired) electrons. The van der Waals surface area contributed by atoms with Crippen LogP contribution in [-0.2, 0) is 25.6 Å². The number of aliphatic hydroxyl groups is 2. The van der Waals surface area contributed by atoms with Gasteiger partial charge in [0.2, 0.25) is 12.1 Å². The second-order valence-corrected chi connectivity index (χ2v) is 15.1. The number of benzene rings is 2. The Kier molecular flexibility index (Phi) is 14.6. The Hall–Kier alpha value is -4.23. The van der Waals surface area contributed by atoms with Crippen LogP contribution in [0.5, 0.6) is 11.5 Å². The number of rotatable bonds is 19. The monoisotopic (exact) mass is 776 g/mol. The molecule has 0 spiro atoms. The molecule has 2 aromatic rings. The average molecular weight is 777 g/mol. The fraction of sp³-hybridized carbons (Fsp3) is 0.545. The van der Waals surface area contributed by atoms with Crippen LogP contribution in [-0.4, -0.2) is 83.2 Å². The van der Waals surface area contributed by atoms with E-state index in [-0.39, 0.29) is 62.9 Å². The first-order chi connectivity index (χ1) is 27.3. The molecule has 11 nitrogen and oxygen atoms in total. The summed E-state index contributed by atoms with van der Waals surface area (Å²) in [4.78, 5) is 22.2. The number of ether oxygens (including phenoxy) is 4. The molecular formula is C44H57FN2O9. The Labute approximate surface area is 329 Å². The molecule has 2 aromatic carbocycles. The molecule has 1 saturated heterocycles. The fourth-order valence-electron chi connectivity index (χ4n) is 8.98. The lowest BCUT2D eigenvalue weighted by atomic mass is 9.55. The summed E-state index contributed by atoms with van der Waals surface area (Å²) in [7, 11) is 0. The molecule has 7 unspecified atom stereocenters. The number of hydrogen-bond acceptors (Lipinski definition) is 10. The first-order valence-corrected chi connectivity index (χ1v) is 20.2. The predicted octanol–water partition coefficient (Wildman–Crippen LogP) is 7.91. The number of fused-ring (bicyclic) bond motifs is 2. The molecule has 0 bridgehead atoms. The highest BCUT2D eigenvalue weighted by molar-refractivity contribution is 6.03. The maximum Gasteiger partial charge on any atom is 0.410 e. The maximum absolute atomic E-state index is 14.4. The molecule has 2 heterocycles. The lowest BCUT2D eigenvalue weighted by molar-refractivity contribution is -0.256. The third-order valence-electron chi connectivity index (χ3n) is 11.5. The molecule has 1 amide bonds. The highest BCUT2D eigenvalue weighted by atomic mass is 19.1. The first kappa shape index (κ1) is 41.4. The number of halogens is 1. The molecule has 56 heavy (non-hydrogen) atoms. The molecule has 2 aliphatic carbocycles. The van der Waals surface area contributed by atoms with Gasteiger partial charge in [0, 0.05) is 44.1 Å². The van der Waals surface area contributed by atoms with Gasteiger partial charge in [-0.25, -0.2) is 9.18 Å². The zero-order chi connectivity index (χ0) is 39.5. The van der Waals surface area contributed by atoms with E-state index in [2.05, 4.69) is 19.2 Å². The number of nitrogens with zero attached hydrogens (tertiary/aromatic N) is 2. The molecule has 3 N–H and O–H groups in total. The highest BCUT2D eigenvalue weighted by Gasteiger charge is 2.65. The van der Waals surface area contributed by atoms with Gasteiger partial charge >= 0.3 is 6.09 Å². The number of carbonyl (C=O) groups excluding carboxylic acids is 1. The van der Waals surface area contributed by atoms with Gasteiger partial charge in [-0.15, -0.1) is 13.2 Å². The van der Waals surface area contributed by atoms with Gasteiger partial charge in [-0.05, 0) is 98.2 Å². The van der Waals surface area contributed by atoms with Crippen LogP contribution in [0.25, 0.3) is 0 Å². The summed E-state index contributed by atoms with van der Waals surface area (Å²) >= 11 is 0. The summed E-state index contributed by atoms with van der Waals surface area (Å²) in [6, 6.07) is 10.2. The van der Waals surface area contributed by atoms with E-state index in [0.717, 1.165) is 49.7 Å². The standard InChI is InChI=1S/C44H57FN2O9/c1-3-5-24-53-43(51)47(29-30-15-17-32(45)18-16-30)39-28-37(46-56-40-14-8-11-25-52-40)35-26-31(12-6-9-21-48)34(13-7-10-22-49)41-36-27-33(50)19-20-38(36)55-44(39,42(35)41)54-23-4-2/h3-4,15-20,26-27,31,34,39-42,48-50H,1-2,5-14,21-25,28-29H2. The topological polar surface area (TPSA) is 140 Å². The minimum absolute atomic E-state index is 0.00200. The molecule has 2 fully saturated rings. The van der Waals surface area contributed by atoms with Gasteiger partial charge in [0.1, 0.15) is 23.4 Å². The van der Waals surface area contributed by atoms with Crippen molar-refractivity contribution in [1.29, 1.82) is 0 Å². The first-order valence-electron chi connectivity index (χ1n) is 20.2. The second-order valence-electron chi connectivity index (χ2n) is 15.1. The third-order valence-corrected chi connectivity index (χ3v) is 11.5. The SMILES string of the molecule is C=CCCOC(=O)N(Cc1ccc(F)cc1)C1CC(=NOC2CCCCO2)C2=CC(CCCCO)C(CCCCO)C3c4cc(O)ccc4OC1(OCC=C)C23. The van der Waals surface area contributed by atoms with E-state index in [1.807, 2.05) is 0 Å². The van der Waals surface area contributed by atoms with Crippen LogP contribution < -0.4 is 4.74 Å². The number of carbonyl (C=O) groups is 1. The zero-order valence-electron chi connectivity index (χ0n) is 32.2. The summed E-state index contributed by atoms with van der Waals surface area (Å²) in [6.45, 7) is 8.71. The summed E-state index contributed by atoms with van der Waals surface area (Å²) in [5, 5.41) is 35.4. The van der Waals surface area contributed by atoms with Crippen LogP contribution in [0.15, 0.2) is 84.6 Å². The largest absolute Gasteiger partial charge is 0.508 e. The molecule has 2 aliphatic heterocycles. The Morgan fingerprint density at radius 1 is 1.04 bits per heavy atom. The number of aliphatic hydroxyl groups excluding tert-OH is 2. The summed E-state index contributed by atoms with van der Waals surface area (Å²) in [5.41, 5.74) is 2.97. The lowest BCUT2D eigenvalue weighted by Gasteiger charge is -2.59. The number of amides is 1.